The smallest absolute Gasteiger partial charge is 0.254 e. The summed E-state index contributed by atoms with van der Waals surface area (Å²) in [7, 11) is 0. The maximum atomic E-state index is 13.2. The van der Waals surface area contributed by atoms with E-state index in [0.717, 1.165) is 30.8 Å². The van der Waals surface area contributed by atoms with Crippen molar-refractivity contribution in [3.8, 4) is 0 Å². The number of anilines is 1. The molecule has 3 aliphatic heterocycles. The number of amides is 3. The van der Waals surface area contributed by atoms with Gasteiger partial charge in [-0.25, -0.2) is 0 Å². The van der Waals surface area contributed by atoms with Crippen LogP contribution in [0.5, 0.6) is 0 Å². The van der Waals surface area contributed by atoms with Crippen molar-refractivity contribution in [1.82, 2.24) is 14.7 Å². The molecule has 0 aromatic heterocycles. The molecular weight excluding hydrogens is 444 g/mol. The van der Waals surface area contributed by atoms with Gasteiger partial charge in [0.05, 0.1) is 6.10 Å². The van der Waals surface area contributed by atoms with Crippen molar-refractivity contribution in [3.63, 3.8) is 0 Å². The highest BCUT2D eigenvalue weighted by Crippen LogP contribution is 2.26. The lowest BCUT2D eigenvalue weighted by Crippen LogP contribution is -2.52. The number of aliphatic hydroxyl groups excluding tert-OH is 1. The number of hydrogen-bond donors (Lipinski definition) is 1. The third-order valence-corrected chi connectivity index (χ3v) is 7.34. The van der Waals surface area contributed by atoms with Gasteiger partial charge in [0.1, 0.15) is 6.54 Å². The van der Waals surface area contributed by atoms with E-state index in [1.165, 1.54) is 18.1 Å². The van der Waals surface area contributed by atoms with E-state index in [4.69, 9.17) is 0 Å². The van der Waals surface area contributed by atoms with Crippen LogP contribution in [0.3, 0.4) is 0 Å². The molecule has 1 fully saturated rings. The standard InChI is InChI=1S/C27H32N4O4/c1-19(32)29-12-13-31(26(34)18-29)23-6-7-25-21(14-23)9-11-30(27(25)35)17-24(33)16-28-10-8-20-4-2-3-5-22(20)15-28/h2-7,14,24,33H,8-13,15-18H2,1H3. The van der Waals surface area contributed by atoms with Crippen LogP contribution in [0.1, 0.15) is 34.0 Å². The first-order valence-corrected chi connectivity index (χ1v) is 12.3. The average Bonchev–Trinajstić information content (AvgIpc) is 2.85. The van der Waals surface area contributed by atoms with Crippen molar-refractivity contribution < 1.29 is 19.5 Å². The van der Waals surface area contributed by atoms with E-state index in [-0.39, 0.29) is 24.3 Å². The maximum Gasteiger partial charge on any atom is 0.254 e. The molecule has 3 aliphatic rings. The molecule has 0 saturated carbocycles. The number of β-amino-alcohol motifs (C(OH)–C–C–N with tert-alkyl or cyclic N) is 1. The van der Waals surface area contributed by atoms with Crippen LogP contribution in [0.4, 0.5) is 5.69 Å². The summed E-state index contributed by atoms with van der Waals surface area (Å²) in [6.45, 7) is 5.64. The van der Waals surface area contributed by atoms with E-state index in [1.54, 1.807) is 20.8 Å². The van der Waals surface area contributed by atoms with Crippen LogP contribution < -0.4 is 4.90 Å². The molecule has 8 heteroatoms. The van der Waals surface area contributed by atoms with E-state index in [9.17, 15) is 19.5 Å². The minimum atomic E-state index is -0.611. The Morgan fingerprint density at radius 1 is 0.914 bits per heavy atom. The molecule has 0 aliphatic carbocycles. The average molecular weight is 477 g/mol. The summed E-state index contributed by atoms with van der Waals surface area (Å²) in [5.74, 6) is -0.284. The highest BCUT2D eigenvalue weighted by Gasteiger charge is 2.30. The summed E-state index contributed by atoms with van der Waals surface area (Å²) >= 11 is 0. The summed E-state index contributed by atoms with van der Waals surface area (Å²) in [6.07, 6.45) is 1.05. The molecule has 0 spiro atoms. The zero-order chi connectivity index (χ0) is 24.5. The number of nitrogens with zero attached hydrogens (tertiary/aromatic N) is 4. The van der Waals surface area contributed by atoms with E-state index in [0.29, 0.717) is 44.7 Å². The predicted octanol–water partition coefficient (Wildman–Crippen LogP) is 1.30. The first kappa shape index (κ1) is 23.5. The quantitative estimate of drug-likeness (QED) is 0.703. The molecule has 5 rings (SSSR count). The van der Waals surface area contributed by atoms with Gasteiger partial charge in [-0.1, -0.05) is 24.3 Å². The Labute approximate surface area is 205 Å². The van der Waals surface area contributed by atoms with E-state index in [1.807, 2.05) is 12.1 Å². The zero-order valence-electron chi connectivity index (χ0n) is 20.2. The number of benzene rings is 2. The van der Waals surface area contributed by atoms with Crippen molar-refractivity contribution >= 4 is 23.4 Å². The fourth-order valence-corrected chi connectivity index (χ4v) is 5.40. The normalized spacial score (nSPS) is 19.4. The SMILES string of the molecule is CC(=O)N1CCN(c2ccc3c(c2)CCN(CC(O)CN2CCc4ccccc4C2)C3=O)C(=O)C1. The molecule has 1 saturated heterocycles. The van der Waals surface area contributed by atoms with Gasteiger partial charge in [-0.2, -0.15) is 0 Å². The molecule has 3 amide bonds. The fourth-order valence-electron chi connectivity index (χ4n) is 5.40. The number of rotatable bonds is 5. The van der Waals surface area contributed by atoms with Crippen LogP contribution in [0.15, 0.2) is 42.5 Å². The van der Waals surface area contributed by atoms with Gasteiger partial charge in [-0.3, -0.25) is 19.3 Å². The van der Waals surface area contributed by atoms with E-state index >= 15 is 0 Å². The Morgan fingerprint density at radius 3 is 2.46 bits per heavy atom. The predicted molar refractivity (Wildman–Crippen MR) is 132 cm³/mol. The molecule has 1 atom stereocenters. The topological polar surface area (TPSA) is 84.4 Å². The Kier molecular flexibility index (Phi) is 6.58. The molecule has 8 nitrogen and oxygen atoms in total. The largest absolute Gasteiger partial charge is 0.390 e. The van der Waals surface area contributed by atoms with Crippen molar-refractivity contribution in [3.05, 3.63) is 64.7 Å². The van der Waals surface area contributed by atoms with E-state index < -0.39 is 6.10 Å². The molecule has 0 bridgehead atoms. The summed E-state index contributed by atoms with van der Waals surface area (Å²) in [5, 5.41) is 10.8. The summed E-state index contributed by atoms with van der Waals surface area (Å²) in [6, 6.07) is 14.0. The van der Waals surface area contributed by atoms with Gasteiger partial charge in [0, 0.05) is 64.0 Å². The number of fused-ring (bicyclic) bond motifs is 2. The minimum absolute atomic E-state index is 0.0754. The Balaban J connectivity index is 1.19. The zero-order valence-corrected chi connectivity index (χ0v) is 20.2. The Hall–Kier alpha value is -3.23. The van der Waals surface area contributed by atoms with Gasteiger partial charge < -0.3 is 19.8 Å². The van der Waals surface area contributed by atoms with Gasteiger partial charge in [-0.15, -0.1) is 0 Å². The lowest BCUT2D eigenvalue weighted by atomic mass is 9.97. The Morgan fingerprint density at radius 2 is 1.69 bits per heavy atom. The molecule has 1 unspecified atom stereocenters. The highest BCUT2D eigenvalue weighted by molar-refractivity contribution is 6.00. The molecule has 2 aromatic carbocycles. The number of carbonyl (C=O) groups excluding carboxylic acids is 3. The molecule has 35 heavy (non-hydrogen) atoms. The summed E-state index contributed by atoms with van der Waals surface area (Å²) < 4.78 is 0. The van der Waals surface area contributed by atoms with Crippen molar-refractivity contribution in [1.29, 1.82) is 0 Å². The van der Waals surface area contributed by atoms with Crippen LogP contribution in [0.25, 0.3) is 0 Å². The second-order valence-electron chi connectivity index (χ2n) is 9.74. The number of piperazine rings is 1. The third-order valence-electron chi connectivity index (χ3n) is 7.34. The van der Waals surface area contributed by atoms with Crippen molar-refractivity contribution in [2.24, 2.45) is 0 Å². The monoisotopic (exact) mass is 476 g/mol. The molecule has 0 radical (unpaired) electrons. The summed E-state index contributed by atoms with van der Waals surface area (Å²) in [4.78, 5) is 44.5. The second-order valence-corrected chi connectivity index (χ2v) is 9.74. The second kappa shape index (κ2) is 9.79. The van der Waals surface area contributed by atoms with E-state index in [2.05, 4.69) is 29.2 Å². The first-order chi connectivity index (χ1) is 16.9. The van der Waals surface area contributed by atoms with Crippen LogP contribution >= 0.6 is 0 Å². The van der Waals surface area contributed by atoms with Gasteiger partial charge in [0.15, 0.2) is 0 Å². The first-order valence-electron chi connectivity index (χ1n) is 12.3. The maximum absolute atomic E-state index is 13.2. The molecule has 184 valence electrons. The van der Waals surface area contributed by atoms with Gasteiger partial charge in [0.2, 0.25) is 11.8 Å². The van der Waals surface area contributed by atoms with Crippen LogP contribution in [0, 0.1) is 0 Å². The Bertz CT molecular complexity index is 1150. The van der Waals surface area contributed by atoms with Gasteiger partial charge in [0.25, 0.3) is 5.91 Å². The van der Waals surface area contributed by atoms with Crippen LogP contribution in [-0.2, 0) is 29.0 Å². The van der Waals surface area contributed by atoms with Crippen molar-refractivity contribution in [2.45, 2.75) is 32.4 Å². The minimum Gasteiger partial charge on any atom is -0.390 e. The lowest BCUT2D eigenvalue weighted by Gasteiger charge is -2.35. The van der Waals surface area contributed by atoms with Gasteiger partial charge >= 0.3 is 0 Å². The molecule has 2 aromatic rings. The van der Waals surface area contributed by atoms with Crippen molar-refractivity contribution in [2.75, 3.05) is 50.7 Å². The third kappa shape index (κ3) is 4.94. The number of hydrogen-bond acceptors (Lipinski definition) is 5. The fraction of sp³-hybridized carbons (Fsp3) is 0.444. The van der Waals surface area contributed by atoms with Gasteiger partial charge in [-0.05, 0) is 47.7 Å². The molecular formula is C27H32N4O4. The number of aliphatic hydroxyl groups is 1. The van der Waals surface area contributed by atoms with Crippen LogP contribution in [-0.4, -0.2) is 89.4 Å². The summed E-state index contributed by atoms with van der Waals surface area (Å²) in [5.41, 5.74) is 5.01. The molecule has 3 heterocycles. The molecule has 1 N–H and O–H groups in total. The highest BCUT2D eigenvalue weighted by atomic mass is 16.3. The number of carbonyl (C=O) groups is 3. The lowest BCUT2D eigenvalue weighted by molar-refractivity contribution is -0.135. The van der Waals surface area contributed by atoms with Crippen LogP contribution in [0.2, 0.25) is 0 Å².